The fraction of sp³-hybridized carbons (Fsp3) is 0.571. The molecule has 3 heterocycles. The lowest BCUT2D eigenvalue weighted by molar-refractivity contribution is -0.136. The third kappa shape index (κ3) is 3.63. The number of anilines is 1. The number of hydrogen-bond donors (Lipinski definition) is 2. The summed E-state index contributed by atoms with van der Waals surface area (Å²) in [7, 11) is 0. The largest absolute Gasteiger partial charge is 0.396 e. The second-order valence-corrected chi connectivity index (χ2v) is 8.04. The topological polar surface area (TPSA) is 90.0 Å². The van der Waals surface area contributed by atoms with Gasteiger partial charge in [-0.1, -0.05) is 0 Å². The Labute approximate surface area is 164 Å². The number of rotatable bonds is 5. The molecule has 3 aliphatic rings. The monoisotopic (exact) mass is 385 g/mol. The molecule has 7 heteroatoms. The van der Waals surface area contributed by atoms with Gasteiger partial charge in [0.05, 0.1) is 0 Å². The maximum atomic E-state index is 12.8. The maximum absolute atomic E-state index is 12.8. The number of carbonyl (C=O) groups is 3. The molecule has 0 saturated carbocycles. The van der Waals surface area contributed by atoms with Crippen LogP contribution in [0.25, 0.3) is 0 Å². The van der Waals surface area contributed by atoms with E-state index < -0.39 is 6.04 Å². The van der Waals surface area contributed by atoms with Crippen molar-refractivity contribution in [3.8, 4) is 0 Å². The number of nitrogens with one attached hydrogen (secondary N) is 1. The molecule has 150 valence electrons. The van der Waals surface area contributed by atoms with E-state index in [9.17, 15) is 14.4 Å². The number of nitrogens with zero attached hydrogens (tertiary/aromatic N) is 2. The molecule has 0 spiro atoms. The lowest BCUT2D eigenvalue weighted by Gasteiger charge is -2.34. The molecule has 1 atom stereocenters. The minimum absolute atomic E-state index is 0.126. The summed E-state index contributed by atoms with van der Waals surface area (Å²) in [6.07, 6.45) is 4.87. The molecule has 2 fully saturated rings. The van der Waals surface area contributed by atoms with Gasteiger partial charge in [0.15, 0.2) is 0 Å². The molecule has 2 N–H and O–H groups in total. The van der Waals surface area contributed by atoms with Crippen molar-refractivity contribution in [2.45, 2.75) is 51.1 Å². The van der Waals surface area contributed by atoms with Gasteiger partial charge in [-0.15, -0.1) is 0 Å². The smallest absolute Gasteiger partial charge is 0.255 e. The lowest BCUT2D eigenvalue weighted by Crippen LogP contribution is -2.52. The van der Waals surface area contributed by atoms with E-state index in [0.717, 1.165) is 50.0 Å². The Morgan fingerprint density at radius 2 is 1.89 bits per heavy atom. The van der Waals surface area contributed by atoms with Gasteiger partial charge in [-0.25, -0.2) is 0 Å². The highest BCUT2D eigenvalue weighted by molar-refractivity contribution is 6.05. The van der Waals surface area contributed by atoms with Crippen molar-refractivity contribution in [2.24, 2.45) is 5.92 Å². The molecule has 1 unspecified atom stereocenters. The first-order valence-electron chi connectivity index (χ1n) is 10.2. The third-order valence-electron chi connectivity index (χ3n) is 6.26. The van der Waals surface area contributed by atoms with Gasteiger partial charge in [0, 0.05) is 43.9 Å². The highest BCUT2D eigenvalue weighted by Crippen LogP contribution is 2.32. The van der Waals surface area contributed by atoms with E-state index in [-0.39, 0.29) is 30.7 Å². The standard InChI is InChI=1S/C21H27N3O4/c25-11-1-2-14-7-9-23(10-8-14)16-3-4-17-15(12-16)13-24(21(17)28)18-5-6-19(26)22-20(18)27/h3-4,12,14,18,25H,1-2,5-11,13H2,(H,22,26,27). The van der Waals surface area contributed by atoms with Crippen LogP contribution < -0.4 is 10.2 Å². The first-order valence-corrected chi connectivity index (χ1v) is 10.2. The quantitative estimate of drug-likeness (QED) is 0.749. The predicted octanol–water partition coefficient (Wildman–Crippen LogP) is 1.44. The van der Waals surface area contributed by atoms with Gasteiger partial charge in [0.25, 0.3) is 5.91 Å². The molecule has 2 saturated heterocycles. The number of aliphatic hydroxyl groups is 1. The maximum Gasteiger partial charge on any atom is 0.255 e. The fourth-order valence-corrected chi connectivity index (χ4v) is 4.62. The zero-order valence-electron chi connectivity index (χ0n) is 16.0. The lowest BCUT2D eigenvalue weighted by atomic mass is 9.92. The second-order valence-electron chi connectivity index (χ2n) is 8.04. The van der Waals surface area contributed by atoms with Crippen LogP contribution in [0.1, 0.15) is 54.4 Å². The highest BCUT2D eigenvalue weighted by Gasteiger charge is 2.39. The van der Waals surface area contributed by atoms with E-state index >= 15 is 0 Å². The third-order valence-corrected chi connectivity index (χ3v) is 6.26. The van der Waals surface area contributed by atoms with Crippen LogP contribution in [0.5, 0.6) is 0 Å². The first kappa shape index (κ1) is 18.9. The Hall–Kier alpha value is -2.41. The van der Waals surface area contributed by atoms with Crippen molar-refractivity contribution in [3.63, 3.8) is 0 Å². The van der Waals surface area contributed by atoms with Crippen LogP contribution in [0.3, 0.4) is 0 Å². The van der Waals surface area contributed by atoms with E-state index in [2.05, 4.69) is 16.3 Å². The second kappa shape index (κ2) is 7.91. The van der Waals surface area contributed by atoms with E-state index in [1.54, 1.807) is 4.90 Å². The molecule has 3 aliphatic heterocycles. The summed E-state index contributed by atoms with van der Waals surface area (Å²) in [5.41, 5.74) is 2.73. The van der Waals surface area contributed by atoms with Crippen molar-refractivity contribution < 1.29 is 19.5 Å². The van der Waals surface area contributed by atoms with Gasteiger partial charge in [-0.3, -0.25) is 19.7 Å². The van der Waals surface area contributed by atoms with Crippen LogP contribution in [-0.2, 0) is 16.1 Å². The summed E-state index contributed by atoms with van der Waals surface area (Å²) in [4.78, 5) is 40.3. The number of amides is 3. The van der Waals surface area contributed by atoms with Gasteiger partial charge in [0.1, 0.15) is 6.04 Å². The molecular formula is C21H27N3O4. The van der Waals surface area contributed by atoms with Crippen LogP contribution in [0.15, 0.2) is 18.2 Å². The summed E-state index contributed by atoms with van der Waals surface area (Å²) in [5.74, 6) is -0.0844. The van der Waals surface area contributed by atoms with Crippen LogP contribution in [0, 0.1) is 5.92 Å². The number of imide groups is 1. The van der Waals surface area contributed by atoms with Crippen LogP contribution in [-0.4, -0.2) is 53.5 Å². The molecule has 3 amide bonds. The Bertz CT molecular complexity index is 786. The molecule has 0 aromatic heterocycles. The van der Waals surface area contributed by atoms with Gasteiger partial charge >= 0.3 is 0 Å². The molecule has 1 aromatic rings. The van der Waals surface area contributed by atoms with Crippen molar-refractivity contribution >= 4 is 23.4 Å². The molecule has 1 aromatic carbocycles. The zero-order chi connectivity index (χ0) is 19.7. The Morgan fingerprint density at radius 3 is 2.61 bits per heavy atom. The SMILES string of the molecule is O=C1CCC(N2Cc3cc(N4CCC(CCCO)CC4)ccc3C2=O)C(=O)N1. The summed E-state index contributed by atoms with van der Waals surface area (Å²) in [5, 5.41) is 11.3. The summed E-state index contributed by atoms with van der Waals surface area (Å²) < 4.78 is 0. The number of hydrogen-bond acceptors (Lipinski definition) is 5. The van der Waals surface area contributed by atoms with E-state index in [4.69, 9.17) is 5.11 Å². The Morgan fingerprint density at radius 1 is 1.11 bits per heavy atom. The van der Waals surface area contributed by atoms with E-state index in [0.29, 0.717) is 24.4 Å². The fourth-order valence-electron chi connectivity index (χ4n) is 4.62. The summed E-state index contributed by atoms with van der Waals surface area (Å²) in [6, 6.07) is 5.38. The number of carbonyl (C=O) groups excluding carboxylic acids is 3. The molecule has 7 nitrogen and oxygen atoms in total. The van der Waals surface area contributed by atoms with E-state index in [1.807, 2.05) is 12.1 Å². The number of benzene rings is 1. The molecule has 0 radical (unpaired) electrons. The molecule has 0 aliphatic carbocycles. The van der Waals surface area contributed by atoms with Gasteiger partial charge < -0.3 is 14.9 Å². The number of piperidine rings is 2. The zero-order valence-corrected chi connectivity index (χ0v) is 16.0. The van der Waals surface area contributed by atoms with Crippen molar-refractivity contribution in [2.75, 3.05) is 24.6 Å². The van der Waals surface area contributed by atoms with Crippen molar-refractivity contribution in [1.29, 1.82) is 0 Å². The van der Waals surface area contributed by atoms with Gasteiger partial charge in [-0.2, -0.15) is 0 Å². The van der Waals surface area contributed by atoms with Gasteiger partial charge in [-0.05, 0) is 61.8 Å². The minimum Gasteiger partial charge on any atom is -0.396 e. The highest BCUT2D eigenvalue weighted by atomic mass is 16.3. The van der Waals surface area contributed by atoms with Gasteiger partial charge in [0.2, 0.25) is 11.8 Å². The van der Waals surface area contributed by atoms with Crippen LogP contribution >= 0.6 is 0 Å². The minimum atomic E-state index is -0.566. The molecule has 4 rings (SSSR count). The first-order chi connectivity index (χ1) is 13.6. The van der Waals surface area contributed by atoms with Crippen LogP contribution in [0.4, 0.5) is 5.69 Å². The number of aliphatic hydroxyl groups excluding tert-OH is 1. The van der Waals surface area contributed by atoms with E-state index in [1.165, 1.54) is 0 Å². The predicted molar refractivity (Wildman–Crippen MR) is 104 cm³/mol. The summed E-state index contributed by atoms with van der Waals surface area (Å²) >= 11 is 0. The average Bonchev–Trinajstić information content (AvgIpc) is 3.02. The molecule has 28 heavy (non-hydrogen) atoms. The number of fused-ring (bicyclic) bond motifs is 1. The van der Waals surface area contributed by atoms with Crippen molar-refractivity contribution in [3.05, 3.63) is 29.3 Å². The van der Waals surface area contributed by atoms with Crippen LogP contribution in [0.2, 0.25) is 0 Å². The van der Waals surface area contributed by atoms with Crippen molar-refractivity contribution in [1.82, 2.24) is 10.2 Å². The Balaban J connectivity index is 1.43. The Kier molecular flexibility index (Phi) is 5.35. The normalized spacial score (nSPS) is 23.2. The molecule has 0 bridgehead atoms. The average molecular weight is 385 g/mol. The molecular weight excluding hydrogens is 358 g/mol. The summed E-state index contributed by atoms with van der Waals surface area (Å²) in [6.45, 7) is 2.66.